The highest BCUT2D eigenvalue weighted by molar-refractivity contribution is 5.84. The zero-order valence-corrected chi connectivity index (χ0v) is 10.2. The van der Waals surface area contributed by atoms with Gasteiger partial charge in [0.25, 0.3) is 0 Å². The molecule has 1 saturated carbocycles. The highest BCUT2D eigenvalue weighted by Gasteiger charge is 2.21. The van der Waals surface area contributed by atoms with Crippen LogP contribution in [-0.4, -0.2) is 19.4 Å². The Morgan fingerprint density at radius 1 is 1.47 bits per heavy atom. The van der Waals surface area contributed by atoms with Crippen LogP contribution in [0.5, 0.6) is 0 Å². The first kappa shape index (κ1) is 12.1. The highest BCUT2D eigenvalue weighted by Crippen LogP contribution is 2.30. The van der Waals surface area contributed by atoms with E-state index in [0.717, 1.165) is 31.0 Å². The van der Waals surface area contributed by atoms with Crippen molar-refractivity contribution in [3.8, 4) is 0 Å². The summed E-state index contributed by atoms with van der Waals surface area (Å²) in [6.45, 7) is 3.89. The van der Waals surface area contributed by atoms with Crippen LogP contribution >= 0.6 is 0 Å². The Kier molecular flexibility index (Phi) is 3.77. The lowest BCUT2D eigenvalue weighted by Crippen LogP contribution is -2.33. The number of carbonyl (C=O) groups is 1. The average molecular weight is 235 g/mol. The Morgan fingerprint density at radius 3 is 2.76 bits per heavy atom. The van der Waals surface area contributed by atoms with Gasteiger partial charge in [0.05, 0.1) is 0 Å². The minimum absolute atomic E-state index is 0.351. The first-order chi connectivity index (χ1) is 8.24. The molecule has 1 fully saturated rings. The average Bonchev–Trinajstić information content (AvgIpc) is 2.29. The molecule has 0 spiro atoms. The molecule has 0 unspecified atom stereocenters. The fraction of sp³-hybridized carbons (Fsp3) is 0.500. The van der Waals surface area contributed by atoms with Gasteiger partial charge < -0.3 is 4.90 Å². The molecule has 0 aromatic heterocycles. The minimum Gasteiger partial charge on any atom is -0.371 e. The van der Waals surface area contributed by atoms with Crippen molar-refractivity contribution < 1.29 is 9.18 Å². The zero-order valence-electron chi connectivity index (χ0n) is 10.2. The van der Waals surface area contributed by atoms with Gasteiger partial charge in [0.1, 0.15) is 5.82 Å². The van der Waals surface area contributed by atoms with Crippen molar-refractivity contribution in [2.24, 2.45) is 5.92 Å². The largest absolute Gasteiger partial charge is 0.371 e. The molecule has 0 saturated heterocycles. The summed E-state index contributed by atoms with van der Waals surface area (Å²) >= 11 is 0. The van der Waals surface area contributed by atoms with Crippen LogP contribution < -0.4 is 4.90 Å². The number of hydrogen-bond donors (Lipinski definition) is 0. The maximum Gasteiger partial charge on any atom is 0.152 e. The molecule has 0 bridgehead atoms. The van der Waals surface area contributed by atoms with E-state index < -0.39 is 0 Å². The molecule has 0 atom stereocenters. The van der Waals surface area contributed by atoms with Gasteiger partial charge in [-0.3, -0.25) is 4.79 Å². The number of nitrogens with zero attached hydrogens (tertiary/aromatic N) is 1. The van der Waals surface area contributed by atoms with E-state index >= 15 is 0 Å². The van der Waals surface area contributed by atoms with Crippen molar-refractivity contribution in [3.05, 3.63) is 29.6 Å². The van der Waals surface area contributed by atoms with Crippen LogP contribution in [0.3, 0.4) is 0 Å². The van der Waals surface area contributed by atoms with E-state index in [1.807, 2.05) is 0 Å². The molecule has 2 rings (SSSR count). The first-order valence-corrected chi connectivity index (χ1v) is 6.24. The molecule has 0 amide bonds. The number of carbonyl (C=O) groups excluding carboxylic acids is 1. The first-order valence-electron chi connectivity index (χ1n) is 6.24. The number of aldehydes is 1. The molecule has 92 valence electrons. The smallest absolute Gasteiger partial charge is 0.152 e. The van der Waals surface area contributed by atoms with Gasteiger partial charge in [0, 0.05) is 24.3 Å². The zero-order chi connectivity index (χ0) is 12.3. The molecule has 1 aliphatic carbocycles. The Bertz CT molecular complexity index is 401. The molecule has 1 aromatic rings. The van der Waals surface area contributed by atoms with Crippen LogP contribution in [0.1, 0.15) is 36.5 Å². The maximum atomic E-state index is 13.1. The quantitative estimate of drug-likeness (QED) is 0.730. The maximum absolute atomic E-state index is 13.1. The van der Waals surface area contributed by atoms with Gasteiger partial charge in [0.15, 0.2) is 6.29 Å². The van der Waals surface area contributed by atoms with Crippen LogP contribution in [0.2, 0.25) is 0 Å². The summed E-state index contributed by atoms with van der Waals surface area (Å²) in [5, 5.41) is 0. The van der Waals surface area contributed by atoms with Crippen LogP contribution in [0.4, 0.5) is 10.1 Å². The Morgan fingerprint density at radius 2 is 2.24 bits per heavy atom. The minimum atomic E-state index is -0.351. The van der Waals surface area contributed by atoms with Crippen molar-refractivity contribution >= 4 is 12.0 Å². The molecule has 17 heavy (non-hydrogen) atoms. The Balaban J connectivity index is 2.19. The van der Waals surface area contributed by atoms with Gasteiger partial charge in [0.2, 0.25) is 0 Å². The van der Waals surface area contributed by atoms with Crippen molar-refractivity contribution in [2.75, 3.05) is 18.0 Å². The summed E-state index contributed by atoms with van der Waals surface area (Å²) in [6.07, 6.45) is 4.59. The van der Waals surface area contributed by atoms with E-state index in [0.29, 0.717) is 5.56 Å². The van der Waals surface area contributed by atoms with Crippen LogP contribution in [0.25, 0.3) is 0 Å². The number of rotatable bonds is 5. The summed E-state index contributed by atoms with van der Waals surface area (Å²) in [5.74, 6) is 0.384. The fourth-order valence-corrected chi connectivity index (χ4v) is 2.29. The molecule has 0 heterocycles. The van der Waals surface area contributed by atoms with Crippen molar-refractivity contribution in [1.82, 2.24) is 0 Å². The number of benzene rings is 1. The topological polar surface area (TPSA) is 20.3 Å². The fourth-order valence-electron chi connectivity index (χ4n) is 2.29. The second kappa shape index (κ2) is 5.30. The lowest BCUT2D eigenvalue weighted by atomic mass is 9.85. The lowest BCUT2D eigenvalue weighted by molar-refractivity contribution is 0.112. The van der Waals surface area contributed by atoms with Crippen LogP contribution in [0.15, 0.2) is 18.2 Å². The highest BCUT2D eigenvalue weighted by atomic mass is 19.1. The van der Waals surface area contributed by atoms with Crippen LogP contribution in [-0.2, 0) is 0 Å². The van der Waals surface area contributed by atoms with E-state index in [1.165, 1.54) is 31.4 Å². The molecule has 2 nitrogen and oxygen atoms in total. The van der Waals surface area contributed by atoms with Gasteiger partial charge in [-0.25, -0.2) is 4.39 Å². The third-order valence-corrected chi connectivity index (χ3v) is 3.54. The van der Waals surface area contributed by atoms with Crippen LogP contribution in [0, 0.1) is 11.7 Å². The molecular formula is C14H18FNO. The van der Waals surface area contributed by atoms with Gasteiger partial charge >= 0.3 is 0 Å². The van der Waals surface area contributed by atoms with Crippen molar-refractivity contribution in [1.29, 1.82) is 0 Å². The van der Waals surface area contributed by atoms with E-state index in [4.69, 9.17) is 0 Å². The normalized spacial score (nSPS) is 15.4. The van der Waals surface area contributed by atoms with E-state index in [2.05, 4.69) is 11.8 Å². The van der Waals surface area contributed by atoms with Gasteiger partial charge in [-0.05, 0) is 43.9 Å². The summed E-state index contributed by atoms with van der Waals surface area (Å²) in [4.78, 5) is 13.1. The lowest BCUT2D eigenvalue weighted by Gasteiger charge is -2.33. The second-order valence-electron chi connectivity index (χ2n) is 4.66. The summed E-state index contributed by atoms with van der Waals surface area (Å²) in [6, 6.07) is 4.44. The van der Waals surface area contributed by atoms with Crippen molar-refractivity contribution in [3.63, 3.8) is 0 Å². The third kappa shape index (κ3) is 2.65. The SMILES string of the molecule is CCN(CC1CCC1)c1ccc(F)cc1C=O. The molecule has 0 radical (unpaired) electrons. The van der Waals surface area contributed by atoms with E-state index in [1.54, 1.807) is 6.07 Å². The summed E-state index contributed by atoms with van der Waals surface area (Å²) in [7, 11) is 0. The monoisotopic (exact) mass is 235 g/mol. The molecular weight excluding hydrogens is 217 g/mol. The summed E-state index contributed by atoms with van der Waals surface area (Å²) < 4.78 is 13.1. The molecule has 3 heteroatoms. The Hall–Kier alpha value is -1.38. The predicted molar refractivity (Wildman–Crippen MR) is 67.0 cm³/mol. The van der Waals surface area contributed by atoms with E-state index in [9.17, 15) is 9.18 Å². The van der Waals surface area contributed by atoms with Gasteiger partial charge in [-0.1, -0.05) is 6.42 Å². The number of halogens is 1. The number of hydrogen-bond acceptors (Lipinski definition) is 2. The van der Waals surface area contributed by atoms with Gasteiger partial charge in [-0.15, -0.1) is 0 Å². The number of anilines is 1. The predicted octanol–water partition coefficient (Wildman–Crippen LogP) is 3.26. The molecule has 1 aliphatic rings. The van der Waals surface area contributed by atoms with Crippen molar-refractivity contribution in [2.45, 2.75) is 26.2 Å². The standard InChI is InChI=1S/C14H18FNO/c1-2-16(9-11-4-3-5-11)14-7-6-13(15)8-12(14)10-17/h6-8,10-11H,2-5,9H2,1H3. The van der Waals surface area contributed by atoms with E-state index in [-0.39, 0.29) is 5.82 Å². The second-order valence-corrected chi connectivity index (χ2v) is 4.66. The molecule has 0 aliphatic heterocycles. The third-order valence-electron chi connectivity index (χ3n) is 3.54. The molecule has 1 aromatic carbocycles. The molecule has 0 N–H and O–H groups in total. The summed E-state index contributed by atoms with van der Waals surface area (Å²) in [5.41, 5.74) is 1.31. The Labute approximate surface area is 101 Å². The van der Waals surface area contributed by atoms with Gasteiger partial charge in [-0.2, -0.15) is 0 Å².